The number of nitrogens with zero attached hydrogens (tertiary/aromatic N) is 2. The fourth-order valence-corrected chi connectivity index (χ4v) is 3.99. The lowest BCUT2D eigenvalue weighted by Gasteiger charge is -2.30. The molecule has 0 saturated carbocycles. The summed E-state index contributed by atoms with van der Waals surface area (Å²) in [5.74, 6) is -0.699. The van der Waals surface area contributed by atoms with Crippen LogP contribution < -0.4 is 5.73 Å². The summed E-state index contributed by atoms with van der Waals surface area (Å²) in [4.78, 5) is 30.3. The number of rotatable bonds is 3. The first-order valence-corrected chi connectivity index (χ1v) is 8.95. The Morgan fingerprint density at radius 3 is 2.83 bits per heavy atom. The van der Waals surface area contributed by atoms with E-state index in [-0.39, 0.29) is 17.7 Å². The second-order valence-electron chi connectivity index (χ2n) is 6.35. The zero-order valence-electron chi connectivity index (χ0n) is 13.9. The first-order chi connectivity index (χ1) is 11.5. The Morgan fingerprint density at radius 2 is 2.12 bits per heavy atom. The number of benzene rings is 1. The molecular weight excluding hydrogens is 322 g/mol. The number of amides is 2. The van der Waals surface area contributed by atoms with Crippen LogP contribution in [0.25, 0.3) is 10.6 Å². The van der Waals surface area contributed by atoms with Crippen molar-refractivity contribution < 1.29 is 9.59 Å². The third-order valence-corrected chi connectivity index (χ3v) is 5.32. The first-order valence-electron chi connectivity index (χ1n) is 8.07. The maximum atomic E-state index is 12.7. The Morgan fingerprint density at radius 1 is 1.33 bits per heavy atom. The molecule has 6 heteroatoms. The van der Waals surface area contributed by atoms with Gasteiger partial charge in [0.05, 0.1) is 5.92 Å². The van der Waals surface area contributed by atoms with Crippen LogP contribution in [0.2, 0.25) is 0 Å². The van der Waals surface area contributed by atoms with Crippen molar-refractivity contribution in [1.82, 2.24) is 9.88 Å². The lowest BCUT2D eigenvalue weighted by molar-refractivity contribution is -0.123. The quantitative estimate of drug-likeness (QED) is 0.931. The number of carbonyl (C=O) groups is 2. The van der Waals surface area contributed by atoms with E-state index in [1.54, 1.807) is 10.3 Å². The minimum Gasteiger partial charge on any atom is -0.369 e. The molecule has 2 aromatic rings. The Hall–Kier alpha value is -2.21. The molecule has 0 bridgehead atoms. The predicted octanol–water partition coefficient (Wildman–Crippen LogP) is 2.76. The molecule has 1 saturated heterocycles. The van der Waals surface area contributed by atoms with Crippen LogP contribution in [-0.4, -0.2) is 34.8 Å². The van der Waals surface area contributed by atoms with Gasteiger partial charge < -0.3 is 10.6 Å². The minimum absolute atomic E-state index is 0.117. The molecule has 0 aliphatic carbocycles. The Bertz CT molecular complexity index is 784. The SMILES string of the molecule is Cc1ccc(-c2nc(C(=O)N3CCC[C@H](C(N)=O)C3)cs2)c(C)c1. The molecule has 126 valence electrons. The van der Waals surface area contributed by atoms with Crippen LogP contribution in [0.5, 0.6) is 0 Å². The number of likely N-dealkylation sites (tertiary alicyclic amines) is 1. The Labute approximate surface area is 145 Å². The zero-order chi connectivity index (χ0) is 17.3. The highest BCUT2D eigenvalue weighted by Crippen LogP contribution is 2.28. The molecule has 3 rings (SSSR count). The number of hydrogen-bond donors (Lipinski definition) is 1. The van der Waals surface area contributed by atoms with E-state index >= 15 is 0 Å². The predicted molar refractivity (Wildman–Crippen MR) is 94.8 cm³/mol. The van der Waals surface area contributed by atoms with Crippen LogP contribution in [-0.2, 0) is 4.79 Å². The molecule has 0 unspecified atom stereocenters. The number of piperidine rings is 1. The van der Waals surface area contributed by atoms with Crippen LogP contribution in [0.3, 0.4) is 0 Å². The maximum Gasteiger partial charge on any atom is 0.273 e. The molecule has 1 atom stereocenters. The molecule has 0 radical (unpaired) electrons. The first kappa shape index (κ1) is 16.6. The van der Waals surface area contributed by atoms with E-state index in [0.29, 0.717) is 18.8 Å². The highest BCUT2D eigenvalue weighted by molar-refractivity contribution is 7.13. The number of nitrogens with two attached hydrogens (primary N) is 1. The van der Waals surface area contributed by atoms with Crippen molar-refractivity contribution >= 4 is 23.2 Å². The number of carbonyl (C=O) groups excluding carboxylic acids is 2. The van der Waals surface area contributed by atoms with Crippen LogP contribution in [0.1, 0.15) is 34.5 Å². The van der Waals surface area contributed by atoms with Crippen LogP contribution in [0.15, 0.2) is 23.6 Å². The molecule has 1 aromatic heterocycles. The number of aromatic nitrogens is 1. The van der Waals surface area contributed by atoms with Gasteiger partial charge in [0.15, 0.2) is 0 Å². The molecule has 2 heterocycles. The fraction of sp³-hybridized carbons (Fsp3) is 0.389. The Balaban J connectivity index is 1.80. The normalized spacial score (nSPS) is 17.8. The van der Waals surface area contributed by atoms with Gasteiger partial charge in [0.1, 0.15) is 10.7 Å². The number of thiazole rings is 1. The van der Waals surface area contributed by atoms with Crippen molar-refractivity contribution in [3.05, 3.63) is 40.4 Å². The van der Waals surface area contributed by atoms with Gasteiger partial charge >= 0.3 is 0 Å². The van der Waals surface area contributed by atoms with Crippen molar-refractivity contribution in [2.75, 3.05) is 13.1 Å². The van der Waals surface area contributed by atoms with Crippen molar-refractivity contribution in [1.29, 1.82) is 0 Å². The molecule has 2 N–H and O–H groups in total. The van der Waals surface area contributed by atoms with Crippen molar-refractivity contribution in [2.45, 2.75) is 26.7 Å². The molecule has 5 nitrogen and oxygen atoms in total. The van der Waals surface area contributed by atoms with Crippen molar-refractivity contribution in [3.8, 4) is 10.6 Å². The number of aryl methyl sites for hydroxylation is 2. The van der Waals surface area contributed by atoms with Gasteiger partial charge in [0, 0.05) is 24.0 Å². The smallest absolute Gasteiger partial charge is 0.273 e. The second kappa shape index (κ2) is 6.73. The monoisotopic (exact) mass is 343 g/mol. The van der Waals surface area contributed by atoms with Gasteiger partial charge in [-0.3, -0.25) is 9.59 Å². The summed E-state index contributed by atoms with van der Waals surface area (Å²) in [6.45, 7) is 5.15. The molecule has 1 aromatic carbocycles. The highest BCUT2D eigenvalue weighted by Gasteiger charge is 2.28. The van der Waals surface area contributed by atoms with Crippen LogP contribution in [0, 0.1) is 19.8 Å². The van der Waals surface area contributed by atoms with Gasteiger partial charge in [0.25, 0.3) is 5.91 Å². The summed E-state index contributed by atoms with van der Waals surface area (Å²) in [5, 5.41) is 2.64. The topological polar surface area (TPSA) is 76.3 Å². The average molecular weight is 343 g/mol. The third-order valence-electron chi connectivity index (χ3n) is 4.45. The summed E-state index contributed by atoms with van der Waals surface area (Å²) in [6.07, 6.45) is 1.55. The fourth-order valence-electron chi connectivity index (χ4n) is 3.11. The summed E-state index contributed by atoms with van der Waals surface area (Å²) in [6, 6.07) is 6.20. The van der Waals surface area contributed by atoms with E-state index in [9.17, 15) is 9.59 Å². The molecule has 1 fully saturated rings. The standard InChI is InChI=1S/C18H21N3O2S/c1-11-5-6-14(12(2)8-11)17-20-15(10-24-17)18(23)21-7-3-4-13(9-21)16(19)22/h5-6,8,10,13H,3-4,7,9H2,1-2H3,(H2,19,22)/t13-/m0/s1. The Kier molecular flexibility index (Phi) is 4.66. The summed E-state index contributed by atoms with van der Waals surface area (Å²) < 4.78 is 0. The summed E-state index contributed by atoms with van der Waals surface area (Å²) in [7, 11) is 0. The molecule has 0 spiro atoms. The average Bonchev–Trinajstić information content (AvgIpc) is 3.04. The summed E-state index contributed by atoms with van der Waals surface area (Å²) in [5.41, 5.74) is 9.24. The van der Waals surface area contributed by atoms with E-state index in [4.69, 9.17) is 5.73 Å². The van der Waals surface area contributed by atoms with E-state index < -0.39 is 0 Å². The van der Waals surface area contributed by atoms with E-state index in [1.165, 1.54) is 16.9 Å². The van der Waals surface area contributed by atoms with Crippen LogP contribution in [0.4, 0.5) is 0 Å². The van der Waals surface area contributed by atoms with E-state index in [2.05, 4.69) is 18.0 Å². The largest absolute Gasteiger partial charge is 0.369 e. The third kappa shape index (κ3) is 3.33. The van der Waals surface area contributed by atoms with Gasteiger partial charge in [0.2, 0.25) is 5.91 Å². The van der Waals surface area contributed by atoms with Crippen molar-refractivity contribution in [3.63, 3.8) is 0 Å². The van der Waals surface area contributed by atoms with Gasteiger partial charge in [-0.25, -0.2) is 4.98 Å². The minimum atomic E-state index is -0.332. The van der Waals surface area contributed by atoms with Gasteiger partial charge in [-0.2, -0.15) is 0 Å². The number of hydrogen-bond acceptors (Lipinski definition) is 4. The maximum absolute atomic E-state index is 12.7. The molecule has 1 aliphatic rings. The van der Waals surface area contributed by atoms with E-state index in [0.717, 1.165) is 29.0 Å². The van der Waals surface area contributed by atoms with Gasteiger partial charge in [-0.1, -0.05) is 23.8 Å². The number of primary amides is 1. The molecular formula is C18H21N3O2S. The molecule has 24 heavy (non-hydrogen) atoms. The lowest BCUT2D eigenvalue weighted by Crippen LogP contribution is -2.44. The summed E-state index contributed by atoms with van der Waals surface area (Å²) >= 11 is 1.47. The van der Waals surface area contributed by atoms with Crippen LogP contribution >= 0.6 is 11.3 Å². The van der Waals surface area contributed by atoms with Gasteiger partial charge in [-0.15, -0.1) is 11.3 Å². The highest BCUT2D eigenvalue weighted by atomic mass is 32.1. The van der Waals surface area contributed by atoms with Crippen molar-refractivity contribution in [2.24, 2.45) is 11.7 Å². The second-order valence-corrected chi connectivity index (χ2v) is 7.21. The zero-order valence-corrected chi connectivity index (χ0v) is 14.7. The molecule has 1 aliphatic heterocycles. The molecule has 2 amide bonds. The van der Waals surface area contributed by atoms with E-state index in [1.807, 2.05) is 19.1 Å². The van der Waals surface area contributed by atoms with Gasteiger partial charge in [-0.05, 0) is 32.3 Å². The lowest BCUT2D eigenvalue weighted by atomic mass is 9.97.